The third-order valence-corrected chi connectivity index (χ3v) is 1.96. The van der Waals surface area contributed by atoms with Gasteiger partial charge in [-0.1, -0.05) is 17.7 Å². The molecule has 0 unspecified atom stereocenters. The summed E-state index contributed by atoms with van der Waals surface area (Å²) in [5, 5.41) is 2.92. The minimum absolute atomic E-state index is 0.759. The zero-order valence-electron chi connectivity index (χ0n) is 8.46. The molecule has 3 heteroatoms. The molecule has 0 aliphatic heterocycles. The molecule has 0 heterocycles. The monoisotopic (exact) mass is 208 g/mol. The van der Waals surface area contributed by atoms with Crippen LogP contribution in [-0.2, 0) is 0 Å². The molecular weight excluding hydrogens is 196 g/mol. The first kappa shape index (κ1) is 10.8. The van der Waals surface area contributed by atoms with E-state index in [0.717, 1.165) is 17.1 Å². The third-order valence-electron chi connectivity index (χ3n) is 1.65. The summed E-state index contributed by atoms with van der Waals surface area (Å²) in [7, 11) is 3.25. The van der Waals surface area contributed by atoms with E-state index in [2.05, 4.69) is 11.2 Å². The van der Waals surface area contributed by atoms with E-state index in [4.69, 9.17) is 9.47 Å². The molecule has 1 aromatic carbocycles. The Bertz CT molecular complexity index is 341. The third kappa shape index (κ3) is 2.90. The van der Waals surface area contributed by atoms with Crippen molar-refractivity contribution in [3.8, 4) is 22.7 Å². The Labute approximate surface area is 88.6 Å². The summed E-state index contributed by atoms with van der Waals surface area (Å²) in [6.45, 7) is 0. The maximum Gasteiger partial charge on any atom is 0.123 e. The number of hydrogen-bond donors (Lipinski definition) is 0. The fourth-order valence-electron chi connectivity index (χ4n) is 0.990. The van der Waals surface area contributed by atoms with Gasteiger partial charge in [-0.2, -0.15) is 0 Å². The van der Waals surface area contributed by atoms with Gasteiger partial charge in [0, 0.05) is 11.6 Å². The molecule has 0 aliphatic carbocycles. The first-order valence-corrected chi connectivity index (χ1v) is 5.29. The average Bonchev–Trinajstić information content (AvgIpc) is 2.25. The van der Waals surface area contributed by atoms with Crippen molar-refractivity contribution in [1.29, 1.82) is 0 Å². The van der Waals surface area contributed by atoms with E-state index in [1.54, 1.807) is 14.2 Å². The maximum atomic E-state index is 5.12. The van der Waals surface area contributed by atoms with Crippen LogP contribution in [0.1, 0.15) is 5.56 Å². The summed E-state index contributed by atoms with van der Waals surface area (Å²) < 4.78 is 10.2. The van der Waals surface area contributed by atoms with E-state index < -0.39 is 0 Å². The summed E-state index contributed by atoms with van der Waals surface area (Å²) >= 11 is 1.48. The van der Waals surface area contributed by atoms with E-state index >= 15 is 0 Å². The summed E-state index contributed by atoms with van der Waals surface area (Å²) in [5.41, 5.74) is 0.899. The smallest absolute Gasteiger partial charge is 0.123 e. The topological polar surface area (TPSA) is 18.5 Å². The van der Waals surface area contributed by atoms with Crippen molar-refractivity contribution < 1.29 is 9.47 Å². The van der Waals surface area contributed by atoms with Crippen molar-refractivity contribution in [3.63, 3.8) is 0 Å². The molecule has 0 N–H and O–H groups in total. The van der Waals surface area contributed by atoms with Gasteiger partial charge in [-0.05, 0) is 23.6 Å². The number of benzene rings is 1. The molecule has 0 radical (unpaired) electrons. The molecule has 1 aromatic rings. The van der Waals surface area contributed by atoms with Crippen LogP contribution >= 0.6 is 11.8 Å². The van der Waals surface area contributed by atoms with Crippen LogP contribution in [0.5, 0.6) is 11.5 Å². The van der Waals surface area contributed by atoms with E-state index in [9.17, 15) is 0 Å². The Morgan fingerprint density at radius 1 is 1.07 bits per heavy atom. The molecular formula is C11H12O2S. The first-order chi connectivity index (χ1) is 6.80. The zero-order valence-corrected chi connectivity index (χ0v) is 9.27. The SMILES string of the molecule is COc1cc(C#CSC)cc(OC)c1. The quantitative estimate of drug-likeness (QED) is 0.695. The van der Waals surface area contributed by atoms with Crippen LogP contribution in [0.4, 0.5) is 0 Å². The normalized spacial score (nSPS) is 8.79. The second kappa shape index (κ2) is 5.46. The van der Waals surface area contributed by atoms with Gasteiger partial charge in [0.25, 0.3) is 0 Å². The highest BCUT2D eigenvalue weighted by molar-refractivity contribution is 8.03. The average molecular weight is 208 g/mol. The minimum atomic E-state index is 0.759. The number of ether oxygens (including phenoxy) is 2. The molecule has 2 nitrogen and oxygen atoms in total. The molecule has 0 amide bonds. The van der Waals surface area contributed by atoms with Gasteiger partial charge < -0.3 is 9.47 Å². The van der Waals surface area contributed by atoms with Gasteiger partial charge in [0.2, 0.25) is 0 Å². The van der Waals surface area contributed by atoms with Gasteiger partial charge in [-0.25, -0.2) is 0 Å². The lowest BCUT2D eigenvalue weighted by atomic mass is 10.2. The predicted octanol–water partition coefficient (Wildman–Crippen LogP) is 2.38. The molecule has 0 saturated heterocycles. The highest BCUT2D eigenvalue weighted by atomic mass is 32.2. The Kier molecular flexibility index (Phi) is 4.21. The van der Waals surface area contributed by atoms with E-state index in [1.165, 1.54) is 11.8 Å². The lowest BCUT2D eigenvalue weighted by molar-refractivity contribution is 0.394. The van der Waals surface area contributed by atoms with Crippen molar-refractivity contribution in [3.05, 3.63) is 23.8 Å². The molecule has 0 fully saturated rings. The van der Waals surface area contributed by atoms with Crippen molar-refractivity contribution >= 4 is 11.8 Å². The molecule has 0 bridgehead atoms. The molecule has 0 saturated carbocycles. The van der Waals surface area contributed by atoms with Gasteiger partial charge in [0.05, 0.1) is 14.2 Å². The van der Waals surface area contributed by atoms with Crippen molar-refractivity contribution in [2.75, 3.05) is 20.5 Å². The van der Waals surface area contributed by atoms with Crippen molar-refractivity contribution in [2.24, 2.45) is 0 Å². The molecule has 0 aliphatic rings. The zero-order chi connectivity index (χ0) is 10.4. The lowest BCUT2D eigenvalue weighted by Crippen LogP contribution is -1.88. The highest BCUT2D eigenvalue weighted by Gasteiger charge is 1.98. The molecule has 74 valence electrons. The van der Waals surface area contributed by atoms with Crippen LogP contribution in [-0.4, -0.2) is 20.5 Å². The van der Waals surface area contributed by atoms with Crippen molar-refractivity contribution in [2.45, 2.75) is 0 Å². The fourth-order valence-corrected chi connectivity index (χ4v) is 1.21. The van der Waals surface area contributed by atoms with Crippen LogP contribution < -0.4 is 9.47 Å². The number of methoxy groups -OCH3 is 2. The van der Waals surface area contributed by atoms with Gasteiger partial charge in [0.15, 0.2) is 0 Å². The molecule has 0 spiro atoms. The summed E-state index contributed by atoms with van der Waals surface area (Å²) in [4.78, 5) is 0. The van der Waals surface area contributed by atoms with Crippen LogP contribution in [0, 0.1) is 11.2 Å². The number of thioether (sulfide) groups is 1. The van der Waals surface area contributed by atoms with E-state index in [0.29, 0.717) is 0 Å². The van der Waals surface area contributed by atoms with Gasteiger partial charge in [-0.3, -0.25) is 0 Å². The fraction of sp³-hybridized carbons (Fsp3) is 0.273. The molecule has 14 heavy (non-hydrogen) atoms. The predicted molar refractivity (Wildman–Crippen MR) is 59.9 cm³/mol. The first-order valence-electron chi connectivity index (χ1n) is 4.07. The van der Waals surface area contributed by atoms with Gasteiger partial charge >= 0.3 is 0 Å². The Balaban J connectivity index is 3.04. The summed E-state index contributed by atoms with van der Waals surface area (Å²) in [6.07, 6.45) is 1.93. The van der Waals surface area contributed by atoms with E-state index in [-0.39, 0.29) is 0 Å². The van der Waals surface area contributed by atoms with Crippen LogP contribution in [0.3, 0.4) is 0 Å². The largest absolute Gasteiger partial charge is 0.497 e. The number of rotatable bonds is 2. The summed E-state index contributed by atoms with van der Waals surface area (Å²) in [6, 6.07) is 5.59. The van der Waals surface area contributed by atoms with Crippen LogP contribution in [0.15, 0.2) is 18.2 Å². The standard InChI is InChI=1S/C11H12O2S/c1-12-10-6-9(4-5-14-3)7-11(8-10)13-2/h6-8H,1-3H3. The van der Waals surface area contributed by atoms with Crippen LogP contribution in [0.2, 0.25) is 0 Å². The molecule has 0 atom stereocenters. The minimum Gasteiger partial charge on any atom is -0.497 e. The molecule has 0 aromatic heterocycles. The van der Waals surface area contributed by atoms with E-state index in [1.807, 2.05) is 24.5 Å². The van der Waals surface area contributed by atoms with Crippen molar-refractivity contribution in [1.82, 2.24) is 0 Å². The van der Waals surface area contributed by atoms with Crippen LogP contribution in [0.25, 0.3) is 0 Å². The Morgan fingerprint density at radius 2 is 1.64 bits per heavy atom. The van der Waals surface area contributed by atoms with Gasteiger partial charge in [0.1, 0.15) is 11.5 Å². The number of hydrogen-bond acceptors (Lipinski definition) is 3. The summed E-state index contributed by atoms with van der Waals surface area (Å²) in [5.74, 6) is 4.51. The highest BCUT2D eigenvalue weighted by Crippen LogP contribution is 2.21. The maximum absolute atomic E-state index is 5.12. The Hall–Kier alpha value is -1.27. The molecule has 1 rings (SSSR count). The lowest BCUT2D eigenvalue weighted by Gasteiger charge is -2.04. The van der Waals surface area contributed by atoms with Gasteiger partial charge in [-0.15, -0.1) is 0 Å². The second-order valence-corrected chi connectivity index (χ2v) is 3.14. The Morgan fingerprint density at radius 3 is 2.07 bits per heavy atom. The second-order valence-electron chi connectivity index (χ2n) is 2.53.